The standard InChI is InChI=1S/C20H24N2OS/c1-20(11-12-24-19(21)22-20)10-9-15-5-3-6-16(13-15)17-7-4-8-18(14-17)23-2/h3-8,13-14H,9-12H2,1-2H3,(H2,21,22)/t20-/m1/s1. The topological polar surface area (TPSA) is 47.6 Å². The van der Waals surface area contributed by atoms with Crippen molar-refractivity contribution in [2.75, 3.05) is 12.9 Å². The van der Waals surface area contributed by atoms with Crippen LogP contribution < -0.4 is 10.5 Å². The van der Waals surface area contributed by atoms with Gasteiger partial charge in [0, 0.05) is 5.75 Å². The highest BCUT2D eigenvalue weighted by atomic mass is 32.2. The van der Waals surface area contributed by atoms with Gasteiger partial charge in [0.1, 0.15) is 5.75 Å². The van der Waals surface area contributed by atoms with E-state index in [2.05, 4.69) is 48.3 Å². The van der Waals surface area contributed by atoms with Gasteiger partial charge in [-0.2, -0.15) is 0 Å². The maximum Gasteiger partial charge on any atom is 0.154 e. The molecule has 2 aromatic carbocycles. The Hall–Kier alpha value is -1.94. The van der Waals surface area contributed by atoms with Gasteiger partial charge in [0.25, 0.3) is 0 Å². The number of aryl methyl sites for hydroxylation is 1. The van der Waals surface area contributed by atoms with Crippen LogP contribution in [0.2, 0.25) is 0 Å². The molecule has 1 heterocycles. The normalized spacial score (nSPS) is 20.5. The summed E-state index contributed by atoms with van der Waals surface area (Å²) in [5, 5.41) is 0.730. The summed E-state index contributed by atoms with van der Waals surface area (Å²) in [5.41, 5.74) is 9.62. The van der Waals surface area contributed by atoms with Crippen molar-refractivity contribution in [3.05, 3.63) is 54.1 Å². The van der Waals surface area contributed by atoms with E-state index in [0.29, 0.717) is 0 Å². The van der Waals surface area contributed by atoms with Crippen molar-refractivity contribution in [3.63, 3.8) is 0 Å². The number of hydrogen-bond acceptors (Lipinski definition) is 4. The number of nitrogens with two attached hydrogens (primary N) is 1. The summed E-state index contributed by atoms with van der Waals surface area (Å²) in [5.74, 6) is 1.95. The summed E-state index contributed by atoms with van der Waals surface area (Å²) in [6, 6.07) is 16.9. The first-order valence-corrected chi connectivity index (χ1v) is 9.28. The third kappa shape index (κ3) is 4.12. The number of thioether (sulfide) groups is 1. The second-order valence-electron chi connectivity index (χ2n) is 6.48. The van der Waals surface area contributed by atoms with Crippen LogP contribution in [0.1, 0.15) is 25.3 Å². The number of ether oxygens (including phenoxy) is 1. The minimum absolute atomic E-state index is 0.0265. The molecule has 0 bridgehead atoms. The fraction of sp³-hybridized carbons (Fsp3) is 0.350. The fourth-order valence-electron chi connectivity index (χ4n) is 3.03. The van der Waals surface area contributed by atoms with E-state index < -0.39 is 0 Å². The van der Waals surface area contributed by atoms with Gasteiger partial charge < -0.3 is 10.5 Å². The zero-order valence-corrected chi connectivity index (χ0v) is 15.1. The van der Waals surface area contributed by atoms with Gasteiger partial charge >= 0.3 is 0 Å². The van der Waals surface area contributed by atoms with E-state index >= 15 is 0 Å². The molecule has 24 heavy (non-hydrogen) atoms. The molecule has 0 saturated carbocycles. The Morgan fingerprint density at radius 2 is 1.92 bits per heavy atom. The molecule has 126 valence electrons. The van der Waals surface area contributed by atoms with Crippen LogP contribution in [0.3, 0.4) is 0 Å². The highest BCUT2D eigenvalue weighted by Gasteiger charge is 2.26. The van der Waals surface area contributed by atoms with Gasteiger partial charge in [-0.15, -0.1) is 0 Å². The van der Waals surface area contributed by atoms with Crippen molar-refractivity contribution in [2.45, 2.75) is 31.7 Å². The number of benzene rings is 2. The lowest BCUT2D eigenvalue weighted by atomic mass is 9.90. The molecule has 1 atom stereocenters. The first-order chi connectivity index (χ1) is 11.6. The van der Waals surface area contributed by atoms with Gasteiger partial charge in [-0.25, -0.2) is 0 Å². The second kappa shape index (κ2) is 7.31. The monoisotopic (exact) mass is 340 g/mol. The molecule has 1 aliphatic heterocycles. The van der Waals surface area contributed by atoms with E-state index in [-0.39, 0.29) is 5.54 Å². The summed E-state index contributed by atoms with van der Waals surface area (Å²) < 4.78 is 5.33. The predicted octanol–water partition coefficient (Wildman–Crippen LogP) is 4.51. The molecule has 0 unspecified atom stereocenters. The minimum atomic E-state index is -0.0265. The van der Waals surface area contributed by atoms with Gasteiger partial charge in [0.15, 0.2) is 5.17 Å². The van der Waals surface area contributed by atoms with Crippen molar-refractivity contribution in [3.8, 4) is 16.9 Å². The SMILES string of the molecule is COc1cccc(-c2cccc(CC[C@]3(C)CCSC(N)=N3)c2)c1. The Bertz CT molecular complexity index is 744. The maximum absolute atomic E-state index is 5.91. The van der Waals surface area contributed by atoms with Crippen molar-refractivity contribution < 1.29 is 4.74 Å². The molecule has 2 aromatic rings. The lowest BCUT2D eigenvalue weighted by Gasteiger charge is -2.29. The quantitative estimate of drug-likeness (QED) is 0.871. The molecule has 0 fully saturated rings. The molecular weight excluding hydrogens is 316 g/mol. The van der Waals surface area contributed by atoms with Crippen LogP contribution in [0.4, 0.5) is 0 Å². The number of rotatable bonds is 5. The number of methoxy groups -OCH3 is 1. The van der Waals surface area contributed by atoms with Gasteiger partial charge in [0.05, 0.1) is 12.6 Å². The number of amidine groups is 1. The zero-order chi connectivity index (χ0) is 17.0. The molecule has 0 amide bonds. The summed E-state index contributed by atoms with van der Waals surface area (Å²) in [6.07, 6.45) is 3.12. The molecule has 3 rings (SSSR count). The average Bonchev–Trinajstić information content (AvgIpc) is 2.60. The zero-order valence-electron chi connectivity index (χ0n) is 14.3. The van der Waals surface area contributed by atoms with Crippen molar-refractivity contribution >= 4 is 16.9 Å². The largest absolute Gasteiger partial charge is 0.497 e. The summed E-state index contributed by atoms with van der Waals surface area (Å²) in [4.78, 5) is 4.67. The smallest absolute Gasteiger partial charge is 0.154 e. The van der Waals surface area contributed by atoms with Crippen molar-refractivity contribution in [1.29, 1.82) is 0 Å². The Morgan fingerprint density at radius 3 is 2.67 bits per heavy atom. The van der Waals surface area contributed by atoms with Crippen molar-refractivity contribution in [2.24, 2.45) is 10.7 Å². The van der Waals surface area contributed by atoms with Crippen LogP contribution >= 0.6 is 11.8 Å². The molecule has 0 aliphatic carbocycles. The first-order valence-electron chi connectivity index (χ1n) is 8.29. The molecule has 0 radical (unpaired) electrons. The first kappa shape index (κ1) is 16.9. The highest BCUT2D eigenvalue weighted by Crippen LogP contribution is 2.30. The molecular formula is C20H24N2OS. The Balaban J connectivity index is 1.75. The van der Waals surface area contributed by atoms with E-state index in [9.17, 15) is 0 Å². The van der Waals surface area contributed by atoms with Crippen molar-refractivity contribution in [1.82, 2.24) is 0 Å². The molecule has 0 spiro atoms. The Kier molecular flexibility index (Phi) is 5.14. The van der Waals surface area contributed by atoms with Crippen LogP contribution in [0.5, 0.6) is 5.75 Å². The van der Waals surface area contributed by atoms with Gasteiger partial charge in [-0.05, 0) is 55.0 Å². The summed E-state index contributed by atoms with van der Waals surface area (Å²) >= 11 is 1.66. The minimum Gasteiger partial charge on any atom is -0.497 e. The number of aliphatic imine (C=N–C) groups is 1. The van der Waals surface area contributed by atoms with Gasteiger partial charge in [-0.3, -0.25) is 4.99 Å². The van der Waals surface area contributed by atoms with E-state index in [1.165, 1.54) is 16.7 Å². The molecule has 0 saturated heterocycles. The third-order valence-electron chi connectivity index (χ3n) is 4.55. The third-order valence-corrected chi connectivity index (χ3v) is 5.35. The highest BCUT2D eigenvalue weighted by molar-refractivity contribution is 8.13. The fourth-order valence-corrected chi connectivity index (χ4v) is 4.07. The summed E-state index contributed by atoms with van der Waals surface area (Å²) in [7, 11) is 1.70. The Morgan fingerprint density at radius 1 is 1.17 bits per heavy atom. The van der Waals surface area contributed by atoms with E-state index in [1.54, 1.807) is 18.9 Å². The van der Waals surface area contributed by atoms with Crippen LogP contribution in [0.25, 0.3) is 11.1 Å². The second-order valence-corrected chi connectivity index (χ2v) is 7.59. The lowest BCUT2D eigenvalue weighted by Crippen LogP contribution is -2.31. The molecule has 3 nitrogen and oxygen atoms in total. The number of nitrogens with zero attached hydrogens (tertiary/aromatic N) is 1. The van der Waals surface area contributed by atoms with Crippen LogP contribution in [-0.2, 0) is 6.42 Å². The lowest BCUT2D eigenvalue weighted by molar-refractivity contribution is 0.415. The van der Waals surface area contributed by atoms with Crippen LogP contribution in [0, 0.1) is 0 Å². The molecule has 2 N–H and O–H groups in total. The van der Waals surface area contributed by atoms with E-state index in [4.69, 9.17) is 10.5 Å². The Labute approximate surface area is 148 Å². The average molecular weight is 340 g/mol. The predicted molar refractivity (Wildman–Crippen MR) is 104 cm³/mol. The van der Waals surface area contributed by atoms with Crippen LogP contribution in [-0.4, -0.2) is 23.6 Å². The van der Waals surface area contributed by atoms with E-state index in [1.807, 2.05) is 12.1 Å². The van der Waals surface area contributed by atoms with Gasteiger partial charge in [0.2, 0.25) is 0 Å². The van der Waals surface area contributed by atoms with E-state index in [0.717, 1.165) is 35.9 Å². The summed E-state index contributed by atoms with van der Waals surface area (Å²) in [6.45, 7) is 2.21. The molecule has 0 aromatic heterocycles. The maximum atomic E-state index is 5.91. The van der Waals surface area contributed by atoms with Gasteiger partial charge in [-0.1, -0.05) is 48.2 Å². The molecule has 4 heteroatoms. The molecule has 1 aliphatic rings. The number of hydrogen-bond donors (Lipinski definition) is 1. The van der Waals surface area contributed by atoms with Crippen LogP contribution in [0.15, 0.2) is 53.5 Å².